The van der Waals surface area contributed by atoms with Crippen molar-refractivity contribution >= 4 is 38.8 Å². The van der Waals surface area contributed by atoms with E-state index < -0.39 is 4.92 Å². The van der Waals surface area contributed by atoms with Gasteiger partial charge in [0.25, 0.3) is 11.6 Å². The van der Waals surface area contributed by atoms with Crippen molar-refractivity contribution in [3.05, 3.63) is 76.5 Å². The van der Waals surface area contributed by atoms with E-state index in [2.05, 4.69) is 15.6 Å². The van der Waals surface area contributed by atoms with E-state index in [9.17, 15) is 14.9 Å². The number of hydrogen-bond donors (Lipinski definition) is 2. The summed E-state index contributed by atoms with van der Waals surface area (Å²) in [4.78, 5) is 27.4. The fraction of sp³-hybridized carbons (Fsp3) is 0.100. The van der Waals surface area contributed by atoms with E-state index in [0.717, 1.165) is 10.2 Å². The summed E-state index contributed by atoms with van der Waals surface area (Å²) in [6.45, 7) is 0.615. The fourth-order valence-corrected chi connectivity index (χ4v) is 3.72. The summed E-state index contributed by atoms with van der Waals surface area (Å²) >= 11 is 1.50. The smallest absolute Gasteiger partial charge is 0.292 e. The number of furan rings is 1. The monoisotopic (exact) mass is 408 g/mol. The van der Waals surface area contributed by atoms with Crippen LogP contribution in [-0.2, 0) is 0 Å². The lowest BCUT2D eigenvalue weighted by Crippen LogP contribution is -2.28. The van der Waals surface area contributed by atoms with Crippen molar-refractivity contribution in [3.63, 3.8) is 0 Å². The molecule has 4 aromatic rings. The van der Waals surface area contributed by atoms with Crippen molar-refractivity contribution < 1.29 is 14.1 Å². The normalized spacial score (nSPS) is 10.8. The lowest BCUT2D eigenvalue weighted by molar-refractivity contribution is -0.384. The van der Waals surface area contributed by atoms with E-state index in [0.29, 0.717) is 23.0 Å². The molecule has 0 aliphatic rings. The second-order valence-electron chi connectivity index (χ2n) is 6.11. The van der Waals surface area contributed by atoms with Gasteiger partial charge in [-0.05, 0) is 30.3 Å². The van der Waals surface area contributed by atoms with Gasteiger partial charge >= 0.3 is 0 Å². The lowest BCUT2D eigenvalue weighted by Gasteiger charge is -2.07. The number of fused-ring (bicyclic) bond motifs is 1. The molecule has 4 rings (SSSR count). The molecule has 0 fully saturated rings. The van der Waals surface area contributed by atoms with Crippen LogP contribution >= 0.6 is 11.3 Å². The molecule has 0 spiro atoms. The van der Waals surface area contributed by atoms with E-state index in [-0.39, 0.29) is 23.9 Å². The van der Waals surface area contributed by atoms with Gasteiger partial charge in [0.1, 0.15) is 5.69 Å². The number of nitrogens with one attached hydrogen (secondary N) is 2. The molecule has 9 heteroatoms. The van der Waals surface area contributed by atoms with E-state index in [1.807, 2.05) is 24.3 Å². The summed E-state index contributed by atoms with van der Waals surface area (Å²) in [6.07, 6.45) is 0. The molecule has 146 valence electrons. The van der Waals surface area contributed by atoms with Crippen LogP contribution in [0.5, 0.6) is 0 Å². The van der Waals surface area contributed by atoms with Gasteiger partial charge in [-0.1, -0.05) is 24.3 Å². The molecular weight excluding hydrogens is 392 g/mol. The number of rotatable bonds is 7. The molecule has 0 aliphatic heterocycles. The molecule has 0 saturated heterocycles. The molecule has 0 unspecified atom stereocenters. The molecule has 2 N–H and O–H groups in total. The van der Waals surface area contributed by atoms with E-state index in [1.165, 1.54) is 17.4 Å². The summed E-state index contributed by atoms with van der Waals surface area (Å²) in [5.41, 5.74) is 1.28. The zero-order valence-corrected chi connectivity index (χ0v) is 15.9. The van der Waals surface area contributed by atoms with Crippen LogP contribution in [-0.4, -0.2) is 28.9 Å². The highest BCUT2D eigenvalue weighted by Gasteiger charge is 2.15. The molecule has 0 atom stereocenters. The Hall–Kier alpha value is -3.72. The number of nitro benzene ring substituents is 1. The number of aromatic nitrogens is 1. The molecule has 1 amide bonds. The lowest BCUT2D eigenvalue weighted by atomic mass is 10.2. The van der Waals surface area contributed by atoms with E-state index >= 15 is 0 Å². The van der Waals surface area contributed by atoms with Crippen LogP contribution in [0.3, 0.4) is 0 Å². The van der Waals surface area contributed by atoms with Crippen molar-refractivity contribution in [2.24, 2.45) is 0 Å². The standard InChI is InChI=1S/C20H16N4O4S/c25-19(22-12-11-21-13-5-1-3-7-15(13)24(26)27)16-9-10-17(28-16)20-23-14-6-2-4-8-18(14)29-20/h1-10,21H,11-12H2,(H,22,25). The Labute approximate surface area is 169 Å². The van der Waals surface area contributed by atoms with E-state index in [4.69, 9.17) is 4.42 Å². The number of nitro groups is 1. The molecule has 2 aromatic heterocycles. The molecule has 2 heterocycles. The van der Waals surface area contributed by atoms with Crippen LogP contribution in [0.1, 0.15) is 10.6 Å². The Morgan fingerprint density at radius 1 is 1.07 bits per heavy atom. The topological polar surface area (TPSA) is 110 Å². The maximum Gasteiger partial charge on any atom is 0.292 e. The van der Waals surface area contributed by atoms with Gasteiger partial charge in [-0.3, -0.25) is 14.9 Å². The maximum absolute atomic E-state index is 12.3. The van der Waals surface area contributed by atoms with Gasteiger partial charge in [0.05, 0.1) is 15.1 Å². The predicted octanol–water partition coefficient (Wildman–Crippen LogP) is 4.31. The van der Waals surface area contributed by atoms with Crippen molar-refractivity contribution in [2.75, 3.05) is 18.4 Å². The SMILES string of the molecule is O=C(NCCNc1ccccc1[N+](=O)[O-])c1ccc(-c2nc3ccccc3s2)o1. The highest BCUT2D eigenvalue weighted by atomic mass is 32.1. The molecule has 8 nitrogen and oxygen atoms in total. The molecule has 0 aliphatic carbocycles. The third kappa shape index (κ3) is 4.09. The number of carbonyl (C=O) groups is 1. The number of hydrogen-bond acceptors (Lipinski definition) is 7. The molecule has 2 aromatic carbocycles. The first-order chi connectivity index (χ1) is 14.1. The highest BCUT2D eigenvalue weighted by molar-refractivity contribution is 7.21. The van der Waals surface area contributed by atoms with Crippen LogP contribution < -0.4 is 10.6 Å². The third-order valence-electron chi connectivity index (χ3n) is 4.16. The fourth-order valence-electron chi connectivity index (χ4n) is 2.80. The summed E-state index contributed by atoms with van der Waals surface area (Å²) in [5, 5.41) is 17.4. The van der Waals surface area contributed by atoms with Crippen LogP contribution in [0.2, 0.25) is 0 Å². The Morgan fingerprint density at radius 3 is 2.69 bits per heavy atom. The first-order valence-corrected chi connectivity index (χ1v) is 9.65. The number of thiazole rings is 1. The van der Waals surface area contributed by atoms with Crippen LogP contribution in [0, 0.1) is 10.1 Å². The summed E-state index contributed by atoms with van der Waals surface area (Å²) < 4.78 is 6.70. The summed E-state index contributed by atoms with van der Waals surface area (Å²) in [6, 6.07) is 17.5. The average Bonchev–Trinajstić information content (AvgIpc) is 3.38. The van der Waals surface area contributed by atoms with Gasteiger partial charge in [0, 0.05) is 19.2 Å². The van der Waals surface area contributed by atoms with Crippen molar-refractivity contribution in [1.29, 1.82) is 0 Å². The van der Waals surface area contributed by atoms with Gasteiger partial charge in [-0.25, -0.2) is 4.98 Å². The first kappa shape index (κ1) is 18.6. The Balaban J connectivity index is 1.34. The van der Waals surface area contributed by atoms with Crippen molar-refractivity contribution in [3.8, 4) is 10.8 Å². The minimum Gasteiger partial charge on any atom is -0.448 e. The van der Waals surface area contributed by atoms with Crippen LogP contribution in [0.15, 0.2) is 65.1 Å². The van der Waals surface area contributed by atoms with Crippen LogP contribution in [0.25, 0.3) is 21.0 Å². The number of carbonyl (C=O) groups excluding carboxylic acids is 1. The number of amides is 1. The maximum atomic E-state index is 12.3. The predicted molar refractivity (Wildman–Crippen MR) is 111 cm³/mol. The van der Waals surface area contributed by atoms with Crippen LogP contribution in [0.4, 0.5) is 11.4 Å². The minimum atomic E-state index is -0.451. The average molecular weight is 408 g/mol. The van der Waals surface area contributed by atoms with E-state index in [1.54, 1.807) is 30.3 Å². The van der Waals surface area contributed by atoms with Gasteiger partial charge in [0.15, 0.2) is 16.5 Å². The number of para-hydroxylation sites is 3. The Morgan fingerprint density at radius 2 is 1.86 bits per heavy atom. The Bertz CT molecular complexity index is 1150. The van der Waals surface area contributed by atoms with Gasteiger partial charge in [-0.15, -0.1) is 11.3 Å². The number of benzene rings is 2. The first-order valence-electron chi connectivity index (χ1n) is 8.83. The minimum absolute atomic E-state index is 0.00895. The highest BCUT2D eigenvalue weighted by Crippen LogP contribution is 2.31. The van der Waals surface area contributed by atoms with Gasteiger partial charge < -0.3 is 15.1 Å². The summed E-state index contributed by atoms with van der Waals surface area (Å²) in [7, 11) is 0. The quantitative estimate of drug-likeness (QED) is 0.268. The van der Waals surface area contributed by atoms with Crippen molar-refractivity contribution in [1.82, 2.24) is 10.3 Å². The second kappa shape index (κ2) is 8.11. The van der Waals surface area contributed by atoms with Crippen molar-refractivity contribution in [2.45, 2.75) is 0 Å². The zero-order chi connectivity index (χ0) is 20.2. The van der Waals surface area contributed by atoms with Gasteiger partial charge in [-0.2, -0.15) is 0 Å². The Kier molecular flexibility index (Phi) is 5.21. The third-order valence-corrected chi connectivity index (χ3v) is 5.21. The second-order valence-corrected chi connectivity index (χ2v) is 7.14. The number of nitrogens with zero attached hydrogens (tertiary/aromatic N) is 2. The molecule has 29 heavy (non-hydrogen) atoms. The zero-order valence-electron chi connectivity index (χ0n) is 15.1. The summed E-state index contributed by atoms with van der Waals surface area (Å²) in [5.74, 6) is 0.362. The molecular formula is C20H16N4O4S. The number of anilines is 1. The largest absolute Gasteiger partial charge is 0.448 e. The van der Waals surface area contributed by atoms with Gasteiger partial charge in [0.2, 0.25) is 0 Å². The molecule has 0 saturated carbocycles. The molecule has 0 radical (unpaired) electrons. The molecule has 0 bridgehead atoms.